The summed E-state index contributed by atoms with van der Waals surface area (Å²) in [5.41, 5.74) is 2.55. The minimum Gasteiger partial charge on any atom is -0.507 e. The van der Waals surface area contributed by atoms with Crippen molar-refractivity contribution in [1.29, 1.82) is 0 Å². The zero-order valence-electron chi connectivity index (χ0n) is 25.2. The van der Waals surface area contributed by atoms with Crippen molar-refractivity contribution in [3.63, 3.8) is 0 Å². The first-order chi connectivity index (χ1) is 21.2. The van der Waals surface area contributed by atoms with Crippen LogP contribution in [0.5, 0.6) is 23.0 Å². The second kappa shape index (κ2) is 11.8. The van der Waals surface area contributed by atoms with Gasteiger partial charge in [0.25, 0.3) is 5.78 Å². The molecule has 1 aromatic heterocycles. The Labute approximate surface area is 259 Å². The molecule has 1 saturated heterocycles. The van der Waals surface area contributed by atoms with Crippen LogP contribution in [0.25, 0.3) is 16.0 Å². The highest BCUT2D eigenvalue weighted by atomic mass is 32.1. The van der Waals surface area contributed by atoms with E-state index in [4.69, 9.17) is 23.9 Å². The average molecular weight is 615 g/mol. The molecule has 3 heterocycles. The molecule has 2 aliphatic rings. The highest BCUT2D eigenvalue weighted by molar-refractivity contribution is 7.22. The Morgan fingerprint density at radius 3 is 2.64 bits per heavy atom. The summed E-state index contributed by atoms with van der Waals surface area (Å²) in [6.45, 7) is 6.74. The van der Waals surface area contributed by atoms with E-state index in [1.165, 1.54) is 16.2 Å². The number of ether oxygens (including phenoxy) is 4. The van der Waals surface area contributed by atoms with Gasteiger partial charge in [-0.1, -0.05) is 31.3 Å². The van der Waals surface area contributed by atoms with Gasteiger partial charge in [-0.25, -0.2) is 4.98 Å². The molecule has 10 heteroatoms. The second-order valence-corrected chi connectivity index (χ2v) is 12.4. The summed E-state index contributed by atoms with van der Waals surface area (Å²) in [5.74, 6) is 1.03. The van der Waals surface area contributed by atoms with Gasteiger partial charge in [0.2, 0.25) is 0 Å². The van der Waals surface area contributed by atoms with Crippen LogP contribution >= 0.6 is 11.3 Å². The molecule has 6 rings (SSSR count). The number of methoxy groups -OCH3 is 2. The molecule has 228 valence electrons. The summed E-state index contributed by atoms with van der Waals surface area (Å²) in [6.07, 6.45) is 1.57. The number of aromatic nitrogens is 1. The molecule has 0 spiro atoms. The highest BCUT2D eigenvalue weighted by Gasteiger charge is 2.48. The maximum atomic E-state index is 13.8. The van der Waals surface area contributed by atoms with Crippen LogP contribution in [-0.2, 0) is 16.0 Å². The summed E-state index contributed by atoms with van der Waals surface area (Å²) in [7, 11) is 3.12. The van der Waals surface area contributed by atoms with E-state index in [0.717, 1.165) is 22.4 Å². The van der Waals surface area contributed by atoms with E-state index in [-0.39, 0.29) is 17.4 Å². The summed E-state index contributed by atoms with van der Waals surface area (Å²) in [6, 6.07) is 15.1. The molecular formula is C34H34N2O7S. The van der Waals surface area contributed by atoms with E-state index >= 15 is 0 Å². The number of amides is 1. The van der Waals surface area contributed by atoms with Gasteiger partial charge in [-0.3, -0.25) is 14.5 Å². The van der Waals surface area contributed by atoms with Crippen LogP contribution in [0, 0.1) is 5.92 Å². The third-order valence-corrected chi connectivity index (χ3v) is 8.88. The van der Waals surface area contributed by atoms with E-state index in [1.807, 2.05) is 19.1 Å². The van der Waals surface area contributed by atoms with Crippen molar-refractivity contribution in [3.05, 3.63) is 76.9 Å². The van der Waals surface area contributed by atoms with Crippen LogP contribution in [0.4, 0.5) is 5.13 Å². The van der Waals surface area contributed by atoms with Crippen molar-refractivity contribution in [1.82, 2.24) is 4.98 Å². The number of ketones is 1. The van der Waals surface area contributed by atoms with Gasteiger partial charge in [-0.2, -0.15) is 0 Å². The van der Waals surface area contributed by atoms with E-state index in [0.29, 0.717) is 58.0 Å². The number of thiazole rings is 1. The first-order valence-corrected chi connectivity index (χ1v) is 15.4. The van der Waals surface area contributed by atoms with Crippen LogP contribution in [0.15, 0.2) is 60.2 Å². The molecule has 44 heavy (non-hydrogen) atoms. The number of nitrogens with zero attached hydrogens (tertiary/aromatic N) is 2. The Kier molecular flexibility index (Phi) is 7.94. The fourth-order valence-corrected chi connectivity index (χ4v) is 6.59. The Morgan fingerprint density at radius 1 is 1.07 bits per heavy atom. The van der Waals surface area contributed by atoms with E-state index < -0.39 is 17.7 Å². The lowest BCUT2D eigenvalue weighted by Gasteiger charge is -2.24. The molecule has 2 aliphatic heterocycles. The standard InChI is InChI=1S/C34H34N2O7S/c1-18(2)12-13-42-26-11-6-20(16-27(26)41-5)30-29(31(37)21-7-10-25-22(15-21)14-19(3)43-25)32(38)33(39)36(30)34-35-24-9-8-23(40-4)17-28(24)44-34/h6-11,15-19,30,37H,12-14H2,1-5H3/b31-29+/t19-,30+/m0/s1. The zero-order chi connectivity index (χ0) is 31.1. The van der Waals surface area contributed by atoms with Crippen molar-refractivity contribution < 1.29 is 33.6 Å². The number of Topliss-reactive ketones (excluding diaryl/α,β-unsaturated/α-hetero) is 1. The van der Waals surface area contributed by atoms with E-state index in [9.17, 15) is 14.7 Å². The number of aliphatic hydroxyl groups is 1. The Balaban J connectivity index is 1.49. The molecule has 1 fully saturated rings. The third kappa shape index (κ3) is 5.34. The number of carbonyl (C=O) groups excluding carboxylic acids is 2. The van der Waals surface area contributed by atoms with Crippen LogP contribution in [0.1, 0.15) is 49.9 Å². The lowest BCUT2D eigenvalue weighted by atomic mass is 9.94. The molecule has 4 aromatic rings. The van der Waals surface area contributed by atoms with Gasteiger partial charge in [-0.05, 0) is 78.9 Å². The number of aliphatic hydroxyl groups excluding tert-OH is 1. The minimum atomic E-state index is -0.973. The van der Waals surface area contributed by atoms with Crippen LogP contribution in [0.3, 0.4) is 0 Å². The molecule has 1 N–H and O–H groups in total. The fourth-order valence-electron chi connectivity index (χ4n) is 5.57. The van der Waals surface area contributed by atoms with Crippen molar-refractivity contribution in [2.45, 2.75) is 45.8 Å². The highest BCUT2D eigenvalue weighted by Crippen LogP contribution is 2.46. The third-order valence-electron chi connectivity index (χ3n) is 7.86. The summed E-state index contributed by atoms with van der Waals surface area (Å²) in [5, 5.41) is 12.0. The van der Waals surface area contributed by atoms with Gasteiger partial charge >= 0.3 is 5.91 Å². The smallest absolute Gasteiger partial charge is 0.301 e. The fraction of sp³-hybridized carbons (Fsp3) is 0.324. The SMILES string of the molecule is COc1ccc2nc(N3C(=O)C(=O)/C(=C(/O)c4ccc5c(c4)C[C@H](C)O5)[C@H]3c3ccc(OCCC(C)C)c(OC)c3)sc2c1. The monoisotopic (exact) mass is 614 g/mol. The first kappa shape index (κ1) is 29.5. The van der Waals surface area contributed by atoms with Crippen LogP contribution in [0.2, 0.25) is 0 Å². The zero-order valence-corrected chi connectivity index (χ0v) is 26.1. The largest absolute Gasteiger partial charge is 0.507 e. The summed E-state index contributed by atoms with van der Waals surface area (Å²) in [4.78, 5) is 33.6. The van der Waals surface area contributed by atoms with Crippen molar-refractivity contribution in [2.75, 3.05) is 25.7 Å². The number of carbonyl (C=O) groups is 2. The topological polar surface area (TPSA) is 107 Å². The van der Waals surface area contributed by atoms with E-state index in [1.54, 1.807) is 56.7 Å². The Bertz CT molecular complexity index is 1790. The van der Waals surface area contributed by atoms with Gasteiger partial charge in [-0.15, -0.1) is 0 Å². The number of hydrogen-bond donors (Lipinski definition) is 1. The Hall–Kier alpha value is -4.57. The maximum absolute atomic E-state index is 13.8. The van der Waals surface area contributed by atoms with Crippen LogP contribution < -0.4 is 23.8 Å². The van der Waals surface area contributed by atoms with Crippen molar-refractivity contribution in [3.8, 4) is 23.0 Å². The molecule has 0 unspecified atom stereocenters. The van der Waals surface area contributed by atoms with Gasteiger partial charge in [0.15, 0.2) is 16.6 Å². The van der Waals surface area contributed by atoms with Gasteiger partial charge < -0.3 is 24.1 Å². The molecule has 2 atom stereocenters. The Morgan fingerprint density at radius 2 is 1.89 bits per heavy atom. The predicted molar refractivity (Wildman–Crippen MR) is 169 cm³/mol. The second-order valence-electron chi connectivity index (χ2n) is 11.4. The average Bonchev–Trinajstić information content (AvgIpc) is 3.68. The quantitative estimate of drug-likeness (QED) is 0.126. The molecule has 1 amide bonds. The summed E-state index contributed by atoms with van der Waals surface area (Å²) < 4.78 is 23.7. The lowest BCUT2D eigenvalue weighted by Crippen LogP contribution is -2.29. The summed E-state index contributed by atoms with van der Waals surface area (Å²) >= 11 is 1.27. The first-order valence-electron chi connectivity index (χ1n) is 14.5. The van der Waals surface area contributed by atoms with Gasteiger partial charge in [0, 0.05) is 12.0 Å². The molecular weight excluding hydrogens is 580 g/mol. The van der Waals surface area contributed by atoms with Gasteiger partial charge in [0.1, 0.15) is 23.4 Å². The molecule has 0 bridgehead atoms. The molecule has 0 radical (unpaired) electrons. The van der Waals surface area contributed by atoms with Crippen molar-refractivity contribution >= 4 is 44.1 Å². The number of anilines is 1. The lowest BCUT2D eigenvalue weighted by molar-refractivity contribution is -0.132. The van der Waals surface area contributed by atoms with Crippen LogP contribution in [-0.4, -0.2) is 48.7 Å². The van der Waals surface area contributed by atoms with Gasteiger partial charge in [0.05, 0.1) is 42.7 Å². The maximum Gasteiger partial charge on any atom is 0.301 e. The molecule has 3 aromatic carbocycles. The molecule has 0 saturated carbocycles. The predicted octanol–water partition coefficient (Wildman–Crippen LogP) is 6.69. The number of fused-ring (bicyclic) bond motifs is 2. The number of benzene rings is 3. The number of rotatable bonds is 9. The van der Waals surface area contributed by atoms with E-state index in [2.05, 4.69) is 13.8 Å². The number of hydrogen-bond acceptors (Lipinski definition) is 9. The molecule has 9 nitrogen and oxygen atoms in total. The normalized spacial score (nSPS) is 19.0. The molecule has 0 aliphatic carbocycles. The van der Waals surface area contributed by atoms with Crippen molar-refractivity contribution in [2.24, 2.45) is 5.92 Å². The minimum absolute atomic E-state index is 0.0133.